The second-order valence-corrected chi connectivity index (χ2v) is 5.31. The molecule has 0 bridgehead atoms. The highest BCUT2D eigenvalue weighted by molar-refractivity contribution is 5.64. The lowest BCUT2D eigenvalue weighted by atomic mass is 10.1. The second kappa shape index (κ2) is 7.07. The highest BCUT2D eigenvalue weighted by Crippen LogP contribution is 2.25. The van der Waals surface area contributed by atoms with Gasteiger partial charge < -0.3 is 10.1 Å². The summed E-state index contributed by atoms with van der Waals surface area (Å²) in [5, 5.41) is 3.35. The number of hydrogen-bond acceptors (Lipinski definition) is 4. The van der Waals surface area contributed by atoms with E-state index in [9.17, 15) is 0 Å². The molecule has 4 nitrogen and oxygen atoms in total. The van der Waals surface area contributed by atoms with Crippen molar-refractivity contribution in [1.82, 2.24) is 9.97 Å². The van der Waals surface area contributed by atoms with E-state index < -0.39 is 0 Å². The molecule has 21 heavy (non-hydrogen) atoms. The Morgan fingerprint density at radius 2 is 2.00 bits per heavy atom. The number of benzene rings is 1. The van der Waals surface area contributed by atoms with Crippen LogP contribution in [0.3, 0.4) is 0 Å². The predicted molar refractivity (Wildman–Crippen MR) is 86.9 cm³/mol. The molecule has 0 spiro atoms. The Morgan fingerprint density at radius 1 is 1.19 bits per heavy atom. The Kier molecular flexibility index (Phi) is 5.14. The summed E-state index contributed by atoms with van der Waals surface area (Å²) in [6.07, 6.45) is 1.06. The van der Waals surface area contributed by atoms with E-state index >= 15 is 0 Å². The van der Waals surface area contributed by atoms with Gasteiger partial charge in [0, 0.05) is 24.1 Å². The zero-order valence-electron chi connectivity index (χ0n) is 13.2. The summed E-state index contributed by atoms with van der Waals surface area (Å²) in [5.74, 6) is 2.86. The van der Waals surface area contributed by atoms with E-state index in [1.807, 2.05) is 30.3 Å². The van der Waals surface area contributed by atoms with E-state index in [1.165, 1.54) is 0 Å². The van der Waals surface area contributed by atoms with Gasteiger partial charge in [0.15, 0.2) is 0 Å². The van der Waals surface area contributed by atoms with Crippen molar-refractivity contribution in [3.63, 3.8) is 0 Å². The third-order valence-electron chi connectivity index (χ3n) is 3.18. The van der Waals surface area contributed by atoms with Crippen molar-refractivity contribution in [3.8, 4) is 17.0 Å². The molecule has 2 aromatic rings. The molecule has 0 amide bonds. The first kappa shape index (κ1) is 15.3. The monoisotopic (exact) mass is 285 g/mol. The molecule has 0 fully saturated rings. The van der Waals surface area contributed by atoms with Crippen molar-refractivity contribution < 1.29 is 4.74 Å². The molecule has 2 rings (SSSR count). The summed E-state index contributed by atoms with van der Waals surface area (Å²) in [4.78, 5) is 9.27. The van der Waals surface area contributed by atoms with E-state index in [2.05, 4.69) is 36.1 Å². The number of ether oxygens (including phenoxy) is 1. The molecule has 0 aliphatic rings. The number of nitrogens with zero attached hydrogens (tertiary/aromatic N) is 2. The first-order chi connectivity index (χ1) is 10.1. The van der Waals surface area contributed by atoms with Gasteiger partial charge in [-0.15, -0.1) is 0 Å². The van der Waals surface area contributed by atoms with Crippen molar-refractivity contribution in [2.75, 3.05) is 19.0 Å². The molecule has 4 heteroatoms. The van der Waals surface area contributed by atoms with Crippen LogP contribution >= 0.6 is 0 Å². The Bertz CT molecular complexity index is 596. The standard InChI is InChI=1S/C17H23N3O/c1-5-9-18-16-11-15(19-17(20-16)12(2)3)13-7-6-8-14(10-13)21-4/h6-8,10-12H,5,9H2,1-4H3,(H,18,19,20). The Morgan fingerprint density at radius 3 is 2.67 bits per heavy atom. The molecule has 0 aliphatic carbocycles. The van der Waals surface area contributed by atoms with Crippen LogP contribution in [0.25, 0.3) is 11.3 Å². The van der Waals surface area contributed by atoms with Crippen LogP contribution in [0.2, 0.25) is 0 Å². The zero-order chi connectivity index (χ0) is 15.2. The van der Waals surface area contributed by atoms with Crippen LogP contribution in [0.1, 0.15) is 38.9 Å². The normalized spacial score (nSPS) is 10.7. The van der Waals surface area contributed by atoms with Crippen LogP contribution in [0, 0.1) is 0 Å². The smallest absolute Gasteiger partial charge is 0.133 e. The minimum Gasteiger partial charge on any atom is -0.497 e. The van der Waals surface area contributed by atoms with Crippen LogP contribution in [0.15, 0.2) is 30.3 Å². The van der Waals surface area contributed by atoms with Crippen LogP contribution in [0.4, 0.5) is 5.82 Å². The second-order valence-electron chi connectivity index (χ2n) is 5.31. The molecule has 0 saturated carbocycles. The number of anilines is 1. The minimum atomic E-state index is 0.290. The number of methoxy groups -OCH3 is 1. The number of rotatable bonds is 6. The SMILES string of the molecule is CCCNc1cc(-c2cccc(OC)c2)nc(C(C)C)n1. The summed E-state index contributed by atoms with van der Waals surface area (Å²) in [5.41, 5.74) is 1.96. The Hall–Kier alpha value is -2.10. The molecule has 0 aliphatic heterocycles. The van der Waals surface area contributed by atoms with E-state index in [1.54, 1.807) is 7.11 Å². The lowest BCUT2D eigenvalue weighted by Crippen LogP contribution is -2.07. The summed E-state index contributed by atoms with van der Waals surface area (Å²) < 4.78 is 5.29. The summed E-state index contributed by atoms with van der Waals surface area (Å²) >= 11 is 0. The molecule has 1 aromatic heterocycles. The average molecular weight is 285 g/mol. The quantitative estimate of drug-likeness (QED) is 0.868. The lowest BCUT2D eigenvalue weighted by molar-refractivity contribution is 0.415. The number of aromatic nitrogens is 2. The van der Waals surface area contributed by atoms with E-state index in [4.69, 9.17) is 4.74 Å². The van der Waals surface area contributed by atoms with Gasteiger partial charge in [-0.25, -0.2) is 9.97 Å². The highest BCUT2D eigenvalue weighted by Gasteiger charge is 2.10. The lowest BCUT2D eigenvalue weighted by Gasteiger charge is -2.12. The van der Waals surface area contributed by atoms with Crippen molar-refractivity contribution >= 4 is 5.82 Å². The summed E-state index contributed by atoms with van der Waals surface area (Å²) in [6.45, 7) is 7.26. The third-order valence-corrected chi connectivity index (χ3v) is 3.18. The van der Waals surface area contributed by atoms with Crippen molar-refractivity contribution in [3.05, 3.63) is 36.2 Å². The predicted octanol–water partition coefficient (Wildman–Crippen LogP) is 4.10. The van der Waals surface area contributed by atoms with Gasteiger partial charge in [-0.3, -0.25) is 0 Å². The molecule has 0 atom stereocenters. The largest absolute Gasteiger partial charge is 0.497 e. The van der Waals surface area contributed by atoms with Crippen LogP contribution in [-0.4, -0.2) is 23.6 Å². The number of hydrogen-bond donors (Lipinski definition) is 1. The van der Waals surface area contributed by atoms with Crippen molar-refractivity contribution in [2.45, 2.75) is 33.1 Å². The maximum Gasteiger partial charge on any atom is 0.133 e. The fourth-order valence-electron chi connectivity index (χ4n) is 2.00. The van der Waals surface area contributed by atoms with E-state index in [-0.39, 0.29) is 5.92 Å². The first-order valence-corrected chi connectivity index (χ1v) is 7.41. The van der Waals surface area contributed by atoms with Gasteiger partial charge in [0.05, 0.1) is 12.8 Å². The molecule has 1 heterocycles. The molecule has 0 radical (unpaired) electrons. The zero-order valence-corrected chi connectivity index (χ0v) is 13.2. The molecular weight excluding hydrogens is 262 g/mol. The fraction of sp³-hybridized carbons (Fsp3) is 0.412. The Labute approximate surface area is 126 Å². The van der Waals surface area contributed by atoms with Gasteiger partial charge in [-0.2, -0.15) is 0 Å². The molecule has 112 valence electrons. The van der Waals surface area contributed by atoms with Gasteiger partial charge in [0.1, 0.15) is 17.4 Å². The molecule has 1 aromatic carbocycles. The highest BCUT2D eigenvalue weighted by atomic mass is 16.5. The average Bonchev–Trinajstić information content (AvgIpc) is 2.52. The summed E-state index contributed by atoms with van der Waals surface area (Å²) in [6, 6.07) is 9.94. The van der Waals surface area contributed by atoms with Gasteiger partial charge in [0.25, 0.3) is 0 Å². The fourth-order valence-corrected chi connectivity index (χ4v) is 2.00. The molecule has 1 N–H and O–H groups in total. The molecule has 0 saturated heterocycles. The maximum absolute atomic E-state index is 5.29. The molecular formula is C17H23N3O. The number of nitrogens with one attached hydrogen (secondary N) is 1. The van der Waals surface area contributed by atoms with Gasteiger partial charge >= 0.3 is 0 Å². The van der Waals surface area contributed by atoms with E-state index in [0.29, 0.717) is 0 Å². The van der Waals surface area contributed by atoms with Gasteiger partial charge in [-0.05, 0) is 18.6 Å². The first-order valence-electron chi connectivity index (χ1n) is 7.41. The topological polar surface area (TPSA) is 47.0 Å². The van der Waals surface area contributed by atoms with Crippen LogP contribution < -0.4 is 10.1 Å². The maximum atomic E-state index is 5.29. The third kappa shape index (κ3) is 3.94. The summed E-state index contributed by atoms with van der Waals surface area (Å²) in [7, 11) is 1.67. The molecule has 0 unspecified atom stereocenters. The minimum absolute atomic E-state index is 0.290. The van der Waals surface area contributed by atoms with Crippen LogP contribution in [0.5, 0.6) is 5.75 Å². The van der Waals surface area contributed by atoms with Gasteiger partial charge in [0.2, 0.25) is 0 Å². The van der Waals surface area contributed by atoms with Crippen molar-refractivity contribution in [2.24, 2.45) is 0 Å². The van der Waals surface area contributed by atoms with Crippen LogP contribution in [-0.2, 0) is 0 Å². The Balaban J connectivity index is 2.43. The van der Waals surface area contributed by atoms with Crippen molar-refractivity contribution in [1.29, 1.82) is 0 Å². The van der Waals surface area contributed by atoms with Gasteiger partial charge in [-0.1, -0.05) is 32.9 Å². The van der Waals surface area contributed by atoms with E-state index in [0.717, 1.165) is 41.6 Å².